The third kappa shape index (κ3) is 2.92. The maximum atomic E-state index is 13.2. The van der Waals surface area contributed by atoms with Crippen molar-refractivity contribution in [2.45, 2.75) is 6.54 Å². The first kappa shape index (κ1) is 14.2. The van der Waals surface area contributed by atoms with E-state index in [1.165, 1.54) is 17.7 Å². The van der Waals surface area contributed by atoms with Crippen LogP contribution in [-0.4, -0.2) is 45.8 Å². The van der Waals surface area contributed by atoms with E-state index in [2.05, 4.69) is 19.9 Å². The van der Waals surface area contributed by atoms with Crippen molar-refractivity contribution in [3.63, 3.8) is 0 Å². The molecule has 3 aromatic rings. The summed E-state index contributed by atoms with van der Waals surface area (Å²) in [6.07, 6.45) is 3.95. The maximum absolute atomic E-state index is 13.2. The number of piperazine rings is 1. The molecule has 4 rings (SSSR count). The highest BCUT2D eigenvalue weighted by Gasteiger charge is 2.21. The molecule has 0 unspecified atom stereocenters. The van der Waals surface area contributed by atoms with Crippen LogP contribution in [0.1, 0.15) is 5.56 Å². The van der Waals surface area contributed by atoms with Crippen LogP contribution in [0.2, 0.25) is 0 Å². The number of nitrogens with zero attached hydrogens (tertiary/aromatic N) is 5. The summed E-state index contributed by atoms with van der Waals surface area (Å²) in [6, 6.07) is 5.01. The molecule has 0 bridgehead atoms. The monoisotopic (exact) mass is 315 g/mol. The average molecular weight is 315 g/mol. The Morgan fingerprint density at radius 3 is 2.78 bits per heavy atom. The molecule has 0 atom stereocenters. The van der Waals surface area contributed by atoms with Crippen molar-refractivity contribution in [3.05, 3.63) is 42.0 Å². The first-order chi connectivity index (χ1) is 11.2. The standard InChI is InChI=1S/C16H18FN5O/c1-20-10-12(9-18-20)11-21-4-6-22(7-5-21)16-19-14-3-2-13(17)8-15(14)23-16/h2-3,8-10H,4-7,11H2,1H3. The third-order valence-electron chi connectivity index (χ3n) is 4.15. The number of oxazole rings is 1. The molecule has 1 aliphatic rings. The minimum absolute atomic E-state index is 0.304. The van der Waals surface area contributed by atoms with E-state index in [1.54, 1.807) is 6.07 Å². The van der Waals surface area contributed by atoms with Crippen LogP contribution in [0.5, 0.6) is 0 Å². The lowest BCUT2D eigenvalue weighted by Crippen LogP contribution is -2.46. The zero-order valence-corrected chi connectivity index (χ0v) is 12.9. The van der Waals surface area contributed by atoms with Crippen molar-refractivity contribution in [3.8, 4) is 0 Å². The first-order valence-electron chi connectivity index (χ1n) is 7.68. The van der Waals surface area contributed by atoms with E-state index in [0.717, 1.165) is 32.7 Å². The van der Waals surface area contributed by atoms with Crippen molar-refractivity contribution < 1.29 is 8.81 Å². The van der Waals surface area contributed by atoms with Gasteiger partial charge in [0.15, 0.2) is 5.58 Å². The minimum Gasteiger partial charge on any atom is -0.423 e. The van der Waals surface area contributed by atoms with E-state index in [0.29, 0.717) is 17.1 Å². The predicted molar refractivity (Wildman–Crippen MR) is 84.7 cm³/mol. The number of hydrogen-bond donors (Lipinski definition) is 0. The molecule has 0 saturated carbocycles. The van der Waals surface area contributed by atoms with Crippen LogP contribution in [0.25, 0.3) is 11.1 Å². The number of anilines is 1. The van der Waals surface area contributed by atoms with Crippen molar-refractivity contribution in [2.24, 2.45) is 7.05 Å². The molecule has 0 amide bonds. The molecular formula is C16H18FN5O. The van der Waals surface area contributed by atoms with Gasteiger partial charge in [-0.25, -0.2) is 4.39 Å². The first-order valence-corrected chi connectivity index (χ1v) is 7.68. The second-order valence-electron chi connectivity index (χ2n) is 5.89. The quantitative estimate of drug-likeness (QED) is 0.740. The Balaban J connectivity index is 1.42. The molecule has 23 heavy (non-hydrogen) atoms. The summed E-state index contributed by atoms with van der Waals surface area (Å²) in [6.45, 7) is 4.45. The predicted octanol–water partition coefficient (Wildman–Crippen LogP) is 2.02. The second kappa shape index (κ2) is 5.66. The molecule has 0 aliphatic carbocycles. The summed E-state index contributed by atoms with van der Waals surface area (Å²) >= 11 is 0. The Hall–Kier alpha value is -2.41. The molecule has 6 nitrogen and oxygen atoms in total. The van der Waals surface area contributed by atoms with Crippen LogP contribution in [0, 0.1) is 5.82 Å². The van der Waals surface area contributed by atoms with Gasteiger partial charge in [0.1, 0.15) is 11.3 Å². The van der Waals surface area contributed by atoms with E-state index >= 15 is 0 Å². The van der Waals surface area contributed by atoms with Gasteiger partial charge in [-0.2, -0.15) is 10.1 Å². The Bertz CT molecular complexity index is 819. The topological polar surface area (TPSA) is 50.3 Å². The number of rotatable bonds is 3. The highest BCUT2D eigenvalue weighted by molar-refractivity contribution is 5.74. The summed E-state index contributed by atoms with van der Waals surface area (Å²) in [5, 5.41) is 4.20. The molecular weight excluding hydrogens is 297 g/mol. The Kier molecular flexibility index (Phi) is 3.49. The fourth-order valence-electron chi connectivity index (χ4n) is 2.93. The van der Waals surface area contributed by atoms with Gasteiger partial charge in [0.2, 0.25) is 0 Å². The third-order valence-corrected chi connectivity index (χ3v) is 4.15. The number of benzene rings is 1. The molecule has 1 aliphatic heterocycles. The smallest absolute Gasteiger partial charge is 0.298 e. The SMILES string of the molecule is Cn1cc(CN2CCN(c3nc4ccc(F)cc4o3)CC2)cn1. The Morgan fingerprint density at radius 2 is 2.04 bits per heavy atom. The number of fused-ring (bicyclic) bond motifs is 1. The number of hydrogen-bond acceptors (Lipinski definition) is 5. The molecule has 0 N–H and O–H groups in total. The number of aryl methyl sites for hydroxylation is 1. The molecule has 1 fully saturated rings. The molecule has 0 radical (unpaired) electrons. The fraction of sp³-hybridized carbons (Fsp3) is 0.375. The van der Waals surface area contributed by atoms with Crippen molar-refractivity contribution in [2.75, 3.05) is 31.1 Å². The highest BCUT2D eigenvalue weighted by atomic mass is 19.1. The van der Waals surface area contributed by atoms with Gasteiger partial charge in [-0.05, 0) is 12.1 Å². The largest absolute Gasteiger partial charge is 0.423 e. The second-order valence-corrected chi connectivity index (χ2v) is 5.89. The van der Waals surface area contributed by atoms with Gasteiger partial charge in [-0.1, -0.05) is 0 Å². The van der Waals surface area contributed by atoms with Crippen molar-refractivity contribution in [1.29, 1.82) is 0 Å². The Morgan fingerprint density at radius 1 is 1.22 bits per heavy atom. The van der Waals surface area contributed by atoms with Crippen LogP contribution in [-0.2, 0) is 13.6 Å². The van der Waals surface area contributed by atoms with Crippen LogP contribution < -0.4 is 4.90 Å². The van der Waals surface area contributed by atoms with Crippen LogP contribution >= 0.6 is 0 Å². The van der Waals surface area contributed by atoms with E-state index < -0.39 is 0 Å². The normalized spacial score (nSPS) is 16.3. The molecule has 3 heterocycles. The van der Waals surface area contributed by atoms with Crippen molar-refractivity contribution >= 4 is 17.1 Å². The van der Waals surface area contributed by atoms with Crippen molar-refractivity contribution in [1.82, 2.24) is 19.7 Å². The van der Waals surface area contributed by atoms with Crippen LogP contribution in [0.15, 0.2) is 35.0 Å². The van der Waals surface area contributed by atoms with Gasteiger partial charge in [0.25, 0.3) is 6.01 Å². The molecule has 1 saturated heterocycles. The Labute approximate surface area is 133 Å². The lowest BCUT2D eigenvalue weighted by atomic mass is 10.2. The number of aromatic nitrogens is 3. The highest BCUT2D eigenvalue weighted by Crippen LogP contribution is 2.23. The van der Waals surface area contributed by atoms with Crippen LogP contribution in [0.4, 0.5) is 10.4 Å². The van der Waals surface area contributed by atoms with Gasteiger partial charge in [-0.3, -0.25) is 9.58 Å². The molecule has 2 aromatic heterocycles. The van der Waals surface area contributed by atoms with Gasteiger partial charge in [-0.15, -0.1) is 0 Å². The maximum Gasteiger partial charge on any atom is 0.298 e. The zero-order chi connectivity index (χ0) is 15.8. The summed E-state index contributed by atoms with van der Waals surface area (Å²) in [7, 11) is 1.93. The molecule has 7 heteroatoms. The zero-order valence-electron chi connectivity index (χ0n) is 12.9. The summed E-state index contributed by atoms with van der Waals surface area (Å²) < 4.78 is 20.7. The summed E-state index contributed by atoms with van der Waals surface area (Å²) in [4.78, 5) is 8.94. The lowest BCUT2D eigenvalue weighted by molar-refractivity contribution is 0.245. The van der Waals surface area contributed by atoms with E-state index in [4.69, 9.17) is 4.42 Å². The van der Waals surface area contributed by atoms with E-state index in [9.17, 15) is 4.39 Å². The average Bonchev–Trinajstić information content (AvgIpc) is 3.14. The van der Waals surface area contributed by atoms with Gasteiger partial charge in [0.05, 0.1) is 6.20 Å². The van der Waals surface area contributed by atoms with Gasteiger partial charge in [0, 0.05) is 57.6 Å². The van der Waals surface area contributed by atoms with E-state index in [1.807, 2.05) is 24.1 Å². The number of halogens is 1. The molecule has 120 valence electrons. The summed E-state index contributed by atoms with van der Waals surface area (Å²) in [5.41, 5.74) is 2.41. The lowest BCUT2D eigenvalue weighted by Gasteiger charge is -2.33. The minimum atomic E-state index is -0.304. The molecule has 1 aromatic carbocycles. The summed E-state index contributed by atoms with van der Waals surface area (Å²) in [5.74, 6) is -0.304. The van der Waals surface area contributed by atoms with E-state index in [-0.39, 0.29) is 5.82 Å². The van der Waals surface area contributed by atoms with Gasteiger partial charge < -0.3 is 9.32 Å². The van der Waals surface area contributed by atoms with Crippen LogP contribution in [0.3, 0.4) is 0 Å². The molecule has 0 spiro atoms. The fourth-order valence-corrected chi connectivity index (χ4v) is 2.93. The van der Waals surface area contributed by atoms with Gasteiger partial charge >= 0.3 is 0 Å².